The molecule has 2 rings (SSSR count). The van der Waals surface area contributed by atoms with Gasteiger partial charge in [-0.2, -0.15) is 17.7 Å². The van der Waals surface area contributed by atoms with E-state index in [4.69, 9.17) is 0 Å². The Morgan fingerprint density at radius 2 is 2.00 bits per heavy atom. The Labute approximate surface area is 123 Å². The molecule has 0 bridgehead atoms. The first kappa shape index (κ1) is 16.0. The predicted octanol–water partition coefficient (Wildman–Crippen LogP) is 1.33. The summed E-state index contributed by atoms with van der Waals surface area (Å²) in [6.45, 7) is 4.21. The molecule has 0 saturated heterocycles. The monoisotopic (exact) mass is 316 g/mol. The van der Waals surface area contributed by atoms with E-state index in [2.05, 4.69) is 25.9 Å². The molecule has 2 aromatic heterocycles. The van der Waals surface area contributed by atoms with Crippen molar-refractivity contribution in [1.82, 2.24) is 25.1 Å². The second kappa shape index (κ2) is 6.16. The molecule has 0 fully saturated rings. The van der Waals surface area contributed by atoms with Crippen LogP contribution in [0.15, 0.2) is 12.1 Å². The zero-order valence-corrected chi connectivity index (χ0v) is 12.0. The van der Waals surface area contributed by atoms with E-state index < -0.39 is 12.0 Å². The van der Waals surface area contributed by atoms with Crippen molar-refractivity contribution in [2.45, 2.75) is 20.0 Å². The molecule has 0 aromatic carbocycles. The van der Waals surface area contributed by atoms with Crippen molar-refractivity contribution in [3.8, 4) is 0 Å². The minimum Gasteiger partial charge on any atom is -0.367 e. The zero-order chi connectivity index (χ0) is 16.3. The fraction of sp³-hybridized carbons (Fsp3) is 0.500. The number of hydrogen-bond acceptors (Lipinski definition) is 5. The molecule has 120 valence electrons. The Morgan fingerprint density at radius 3 is 2.64 bits per heavy atom. The van der Waals surface area contributed by atoms with Gasteiger partial charge in [0.1, 0.15) is 5.82 Å². The highest BCUT2D eigenvalue weighted by molar-refractivity contribution is 5.77. The van der Waals surface area contributed by atoms with Crippen LogP contribution in [0.5, 0.6) is 0 Å². The van der Waals surface area contributed by atoms with Crippen molar-refractivity contribution in [2.75, 3.05) is 18.4 Å². The first-order valence-corrected chi connectivity index (χ1v) is 6.60. The van der Waals surface area contributed by atoms with Crippen LogP contribution in [0.3, 0.4) is 0 Å². The van der Waals surface area contributed by atoms with Crippen LogP contribution >= 0.6 is 0 Å². The van der Waals surface area contributed by atoms with Crippen LogP contribution < -0.4 is 10.6 Å². The third kappa shape index (κ3) is 3.62. The highest BCUT2D eigenvalue weighted by atomic mass is 19.4. The molecule has 0 aliphatic rings. The minimum atomic E-state index is -4.63. The van der Waals surface area contributed by atoms with Gasteiger partial charge in [0, 0.05) is 19.0 Å². The fourth-order valence-corrected chi connectivity index (χ4v) is 1.64. The summed E-state index contributed by atoms with van der Waals surface area (Å²) in [7, 11) is 0. The van der Waals surface area contributed by atoms with Gasteiger partial charge in [0.2, 0.25) is 5.91 Å². The lowest BCUT2D eigenvalue weighted by Crippen LogP contribution is -2.32. The second-order valence-electron chi connectivity index (χ2n) is 4.88. The molecule has 0 saturated carbocycles. The summed E-state index contributed by atoms with van der Waals surface area (Å²) in [5.74, 6) is -1.17. The number of amides is 1. The Kier molecular flexibility index (Phi) is 4.48. The van der Waals surface area contributed by atoms with Gasteiger partial charge < -0.3 is 10.6 Å². The maximum atomic E-state index is 12.7. The van der Waals surface area contributed by atoms with Crippen LogP contribution in [0, 0.1) is 5.92 Å². The van der Waals surface area contributed by atoms with Gasteiger partial charge in [0.05, 0.1) is 0 Å². The minimum absolute atomic E-state index is 0.00554. The van der Waals surface area contributed by atoms with Gasteiger partial charge in [-0.1, -0.05) is 13.8 Å². The lowest BCUT2D eigenvalue weighted by Gasteiger charge is -2.09. The van der Waals surface area contributed by atoms with E-state index in [9.17, 15) is 18.0 Å². The Bertz CT molecular complexity index is 666. The molecule has 0 unspecified atom stereocenters. The number of anilines is 1. The average molecular weight is 316 g/mol. The van der Waals surface area contributed by atoms with Crippen molar-refractivity contribution in [2.24, 2.45) is 5.92 Å². The summed E-state index contributed by atoms with van der Waals surface area (Å²) >= 11 is 0. The van der Waals surface area contributed by atoms with Crippen molar-refractivity contribution < 1.29 is 18.0 Å². The highest BCUT2D eigenvalue weighted by Crippen LogP contribution is 2.27. The van der Waals surface area contributed by atoms with Gasteiger partial charge in [-0.05, 0) is 12.1 Å². The van der Waals surface area contributed by atoms with Crippen LogP contribution in [0.2, 0.25) is 0 Å². The van der Waals surface area contributed by atoms with Crippen LogP contribution in [-0.4, -0.2) is 38.8 Å². The van der Waals surface area contributed by atoms with Crippen LogP contribution in [-0.2, 0) is 11.0 Å². The fourth-order valence-electron chi connectivity index (χ4n) is 1.64. The maximum Gasteiger partial charge on any atom is 0.453 e. The number of rotatable bonds is 5. The zero-order valence-electron chi connectivity index (χ0n) is 12.0. The van der Waals surface area contributed by atoms with Gasteiger partial charge in [-0.3, -0.25) is 4.79 Å². The Balaban J connectivity index is 2.02. The third-order valence-electron chi connectivity index (χ3n) is 2.77. The third-order valence-corrected chi connectivity index (χ3v) is 2.77. The molecule has 1 amide bonds. The van der Waals surface area contributed by atoms with E-state index in [0.29, 0.717) is 17.6 Å². The summed E-state index contributed by atoms with van der Waals surface area (Å²) < 4.78 is 38.8. The largest absolute Gasteiger partial charge is 0.453 e. The first-order chi connectivity index (χ1) is 10.3. The number of aromatic nitrogens is 4. The van der Waals surface area contributed by atoms with Crippen LogP contribution in [0.1, 0.15) is 19.7 Å². The van der Waals surface area contributed by atoms with E-state index in [1.54, 1.807) is 13.8 Å². The van der Waals surface area contributed by atoms with E-state index >= 15 is 0 Å². The molecule has 7 nitrogen and oxygen atoms in total. The predicted molar refractivity (Wildman–Crippen MR) is 72.1 cm³/mol. The van der Waals surface area contributed by atoms with Crippen LogP contribution in [0.4, 0.5) is 19.0 Å². The van der Waals surface area contributed by atoms with E-state index in [1.807, 2.05) is 0 Å². The normalized spacial score (nSPS) is 11.9. The molecule has 0 aliphatic heterocycles. The summed E-state index contributed by atoms with van der Waals surface area (Å²) in [4.78, 5) is 11.3. The van der Waals surface area contributed by atoms with Crippen molar-refractivity contribution >= 4 is 17.4 Å². The van der Waals surface area contributed by atoms with Gasteiger partial charge in [0.25, 0.3) is 5.82 Å². The van der Waals surface area contributed by atoms with Crippen molar-refractivity contribution in [1.29, 1.82) is 0 Å². The summed E-state index contributed by atoms with van der Waals surface area (Å²) in [5.41, 5.74) is 0.00554. The second-order valence-corrected chi connectivity index (χ2v) is 4.88. The summed E-state index contributed by atoms with van der Waals surface area (Å²) in [6.07, 6.45) is -4.63. The Hall–Kier alpha value is -2.39. The number of fused-ring (bicyclic) bond motifs is 1. The maximum absolute atomic E-state index is 12.7. The molecule has 22 heavy (non-hydrogen) atoms. The average Bonchev–Trinajstić information content (AvgIpc) is 2.86. The molecule has 10 heteroatoms. The standard InChI is InChI=1S/C12H15F3N6O/c1-7(2)10(22)17-6-5-16-8-3-4-9-18-19-11(12(13,14)15)21(9)20-8/h3-4,7H,5-6H2,1-2H3,(H,16,20)(H,17,22). The van der Waals surface area contributed by atoms with Crippen molar-refractivity contribution in [3.63, 3.8) is 0 Å². The van der Waals surface area contributed by atoms with Gasteiger partial charge in [0.15, 0.2) is 5.65 Å². The number of carbonyl (C=O) groups is 1. The van der Waals surface area contributed by atoms with E-state index in [-0.39, 0.29) is 23.3 Å². The quantitative estimate of drug-likeness (QED) is 0.813. The number of alkyl halides is 3. The molecule has 2 N–H and O–H groups in total. The molecule has 2 aromatic rings. The smallest absolute Gasteiger partial charge is 0.367 e. The lowest BCUT2D eigenvalue weighted by atomic mass is 10.2. The van der Waals surface area contributed by atoms with Crippen molar-refractivity contribution in [3.05, 3.63) is 18.0 Å². The SMILES string of the molecule is CC(C)C(=O)NCCNc1ccc2nnc(C(F)(F)F)n2n1. The molecule has 0 spiro atoms. The Morgan fingerprint density at radius 1 is 1.27 bits per heavy atom. The van der Waals surface area contributed by atoms with Gasteiger partial charge in [-0.15, -0.1) is 15.3 Å². The molecule has 0 atom stereocenters. The van der Waals surface area contributed by atoms with Gasteiger partial charge in [-0.25, -0.2) is 0 Å². The summed E-state index contributed by atoms with van der Waals surface area (Å²) in [5, 5.41) is 15.8. The van der Waals surface area contributed by atoms with Crippen LogP contribution in [0.25, 0.3) is 5.65 Å². The number of halogens is 3. The lowest BCUT2D eigenvalue weighted by molar-refractivity contribution is -0.146. The molecule has 0 aliphatic carbocycles. The van der Waals surface area contributed by atoms with Gasteiger partial charge >= 0.3 is 6.18 Å². The number of nitrogens with zero attached hydrogens (tertiary/aromatic N) is 4. The molecular weight excluding hydrogens is 301 g/mol. The first-order valence-electron chi connectivity index (χ1n) is 6.60. The summed E-state index contributed by atoms with van der Waals surface area (Å²) in [6, 6.07) is 2.87. The molecular formula is C12H15F3N6O. The molecule has 2 heterocycles. The highest BCUT2D eigenvalue weighted by Gasteiger charge is 2.37. The van der Waals surface area contributed by atoms with E-state index in [0.717, 1.165) is 0 Å². The molecule has 0 radical (unpaired) electrons. The number of carbonyl (C=O) groups excluding carboxylic acids is 1. The topological polar surface area (TPSA) is 84.2 Å². The number of nitrogens with one attached hydrogen (secondary N) is 2. The van der Waals surface area contributed by atoms with E-state index in [1.165, 1.54) is 12.1 Å². The number of hydrogen-bond donors (Lipinski definition) is 2.